The third-order valence-corrected chi connectivity index (χ3v) is 7.11. The minimum Gasteiger partial charge on any atom is -0.508 e. The fraction of sp³-hybridized carbons (Fsp3) is 0.265. The molecule has 4 amide bonds. The molecule has 0 radical (unpaired) electrons. The largest absolute Gasteiger partial charge is 0.508 e. The summed E-state index contributed by atoms with van der Waals surface area (Å²) in [5.41, 5.74) is 2.52. The van der Waals surface area contributed by atoms with Gasteiger partial charge in [0.2, 0.25) is 11.8 Å². The number of hydrogen-bond donors (Lipinski definition) is 4. The molecule has 1 fully saturated rings. The summed E-state index contributed by atoms with van der Waals surface area (Å²) in [6.45, 7) is 8.70. The molecule has 0 aliphatic carbocycles. The van der Waals surface area contributed by atoms with E-state index >= 15 is 0 Å². The van der Waals surface area contributed by atoms with Crippen LogP contribution >= 0.6 is 0 Å². The predicted molar refractivity (Wildman–Crippen MR) is 169 cm³/mol. The van der Waals surface area contributed by atoms with Crippen molar-refractivity contribution in [1.82, 2.24) is 25.8 Å². The van der Waals surface area contributed by atoms with E-state index in [2.05, 4.69) is 29.1 Å². The molecule has 3 aromatic carbocycles. The molecule has 1 heterocycles. The van der Waals surface area contributed by atoms with Crippen LogP contribution in [0.3, 0.4) is 0 Å². The van der Waals surface area contributed by atoms with Crippen molar-refractivity contribution in [2.45, 2.75) is 31.7 Å². The lowest BCUT2D eigenvalue weighted by atomic mass is 9.99. The van der Waals surface area contributed by atoms with Gasteiger partial charge in [-0.25, -0.2) is 4.79 Å². The van der Waals surface area contributed by atoms with Crippen molar-refractivity contribution in [3.63, 3.8) is 0 Å². The molecule has 4 rings (SSSR count). The monoisotopic (exact) mass is 597 g/mol. The van der Waals surface area contributed by atoms with Crippen LogP contribution in [0.4, 0.5) is 4.79 Å². The third kappa shape index (κ3) is 8.95. The summed E-state index contributed by atoms with van der Waals surface area (Å²) in [5.74, 6) is 0.153. The molecule has 10 heteroatoms. The van der Waals surface area contributed by atoms with E-state index in [1.165, 1.54) is 4.90 Å². The summed E-state index contributed by atoms with van der Waals surface area (Å²) in [6.07, 6.45) is 2.67. The van der Waals surface area contributed by atoms with Gasteiger partial charge in [0.15, 0.2) is 0 Å². The second-order valence-corrected chi connectivity index (χ2v) is 10.4. The number of urea groups is 1. The number of carbonyl (C=O) groups excluding carboxylic acids is 3. The molecule has 230 valence electrons. The number of piperazine rings is 1. The first-order valence-corrected chi connectivity index (χ1v) is 14.5. The van der Waals surface area contributed by atoms with Crippen molar-refractivity contribution in [2.24, 2.45) is 0 Å². The number of aromatic hydroxyl groups is 1. The third-order valence-electron chi connectivity index (χ3n) is 7.11. The Morgan fingerprint density at radius 3 is 2.43 bits per heavy atom. The molecule has 0 spiro atoms. The Morgan fingerprint density at radius 2 is 1.70 bits per heavy atom. The normalized spacial score (nSPS) is 16.2. The average molecular weight is 598 g/mol. The zero-order valence-electron chi connectivity index (χ0n) is 24.7. The molecule has 10 nitrogen and oxygen atoms in total. The summed E-state index contributed by atoms with van der Waals surface area (Å²) in [4.78, 5) is 44.1. The highest BCUT2D eigenvalue weighted by Gasteiger charge is 2.43. The van der Waals surface area contributed by atoms with E-state index in [0.29, 0.717) is 25.4 Å². The SMILES string of the molecule is C=CCNCC(=O)N1[C@@H](NC(=O)NCc2ccccc2)CN(Cc2cccc(OCC=C)c2)C(=O)[C@@H]1Cc1ccc(O)cc1. The number of carbonyl (C=O) groups is 3. The quantitative estimate of drug-likeness (QED) is 0.167. The number of rotatable bonds is 14. The molecular formula is C34H39N5O5. The van der Waals surface area contributed by atoms with Crippen LogP contribution in [0, 0.1) is 0 Å². The molecule has 1 saturated heterocycles. The lowest BCUT2D eigenvalue weighted by Gasteiger charge is -2.46. The van der Waals surface area contributed by atoms with E-state index in [0.717, 1.165) is 16.7 Å². The van der Waals surface area contributed by atoms with Gasteiger partial charge in [0, 0.05) is 26.1 Å². The number of hydrogen-bond acceptors (Lipinski definition) is 6. The van der Waals surface area contributed by atoms with Crippen LogP contribution in [0.1, 0.15) is 16.7 Å². The van der Waals surface area contributed by atoms with Crippen LogP contribution < -0.4 is 20.7 Å². The second-order valence-electron chi connectivity index (χ2n) is 10.4. The van der Waals surface area contributed by atoms with E-state index in [4.69, 9.17) is 4.74 Å². The number of amides is 4. The fourth-order valence-electron chi connectivity index (χ4n) is 5.04. The van der Waals surface area contributed by atoms with Gasteiger partial charge in [0.25, 0.3) is 0 Å². The molecule has 1 aliphatic heterocycles. The number of ether oxygens (including phenoxy) is 1. The van der Waals surface area contributed by atoms with Gasteiger partial charge in [0.1, 0.15) is 30.3 Å². The molecular weight excluding hydrogens is 558 g/mol. The molecule has 2 atom stereocenters. The Balaban J connectivity index is 1.63. The maximum atomic E-state index is 14.1. The van der Waals surface area contributed by atoms with Crippen LogP contribution in [0.2, 0.25) is 0 Å². The van der Waals surface area contributed by atoms with Crippen molar-refractivity contribution in [2.75, 3.05) is 26.2 Å². The maximum absolute atomic E-state index is 14.1. The average Bonchev–Trinajstić information content (AvgIpc) is 3.03. The number of benzene rings is 3. The maximum Gasteiger partial charge on any atom is 0.316 e. The number of phenols is 1. The summed E-state index contributed by atoms with van der Waals surface area (Å²) in [6, 6.07) is 22.1. The van der Waals surface area contributed by atoms with Gasteiger partial charge >= 0.3 is 6.03 Å². The van der Waals surface area contributed by atoms with Crippen LogP contribution in [-0.2, 0) is 29.1 Å². The van der Waals surface area contributed by atoms with E-state index in [9.17, 15) is 19.5 Å². The van der Waals surface area contributed by atoms with E-state index in [-0.39, 0.29) is 43.6 Å². The Labute approximate surface area is 258 Å². The number of phenolic OH excluding ortho intramolecular Hbond substituents is 1. The van der Waals surface area contributed by atoms with Gasteiger partial charge in [-0.15, -0.1) is 6.58 Å². The zero-order valence-corrected chi connectivity index (χ0v) is 24.7. The van der Waals surface area contributed by atoms with Gasteiger partial charge in [-0.3, -0.25) is 9.59 Å². The Morgan fingerprint density at radius 1 is 0.955 bits per heavy atom. The zero-order chi connectivity index (χ0) is 31.3. The Bertz CT molecular complexity index is 1430. The summed E-state index contributed by atoms with van der Waals surface area (Å²) in [5, 5.41) is 18.6. The summed E-state index contributed by atoms with van der Waals surface area (Å²) >= 11 is 0. The molecule has 4 N–H and O–H groups in total. The minimum atomic E-state index is -0.911. The highest BCUT2D eigenvalue weighted by molar-refractivity contribution is 5.91. The predicted octanol–water partition coefficient (Wildman–Crippen LogP) is 3.34. The van der Waals surface area contributed by atoms with Crippen molar-refractivity contribution >= 4 is 17.8 Å². The first-order chi connectivity index (χ1) is 21.4. The summed E-state index contributed by atoms with van der Waals surface area (Å²) in [7, 11) is 0. The van der Waals surface area contributed by atoms with Gasteiger partial charge < -0.3 is 35.6 Å². The molecule has 0 saturated carbocycles. The molecule has 0 bridgehead atoms. The van der Waals surface area contributed by atoms with Gasteiger partial charge in [-0.2, -0.15) is 0 Å². The first kappa shape index (κ1) is 31.8. The highest BCUT2D eigenvalue weighted by atomic mass is 16.5. The van der Waals surface area contributed by atoms with Crippen LogP contribution in [0.25, 0.3) is 0 Å². The second kappa shape index (κ2) is 15.9. The van der Waals surface area contributed by atoms with Crippen LogP contribution in [0.15, 0.2) is 104 Å². The smallest absolute Gasteiger partial charge is 0.316 e. The van der Waals surface area contributed by atoms with Crippen molar-refractivity contribution in [3.05, 3.63) is 121 Å². The van der Waals surface area contributed by atoms with E-state index in [1.54, 1.807) is 41.3 Å². The lowest BCUT2D eigenvalue weighted by molar-refractivity contribution is -0.157. The minimum absolute atomic E-state index is 0.0438. The van der Waals surface area contributed by atoms with Crippen molar-refractivity contribution in [1.29, 1.82) is 0 Å². The Kier molecular flexibility index (Phi) is 11.5. The topological polar surface area (TPSA) is 123 Å². The van der Waals surface area contributed by atoms with Crippen LogP contribution in [-0.4, -0.2) is 71.2 Å². The van der Waals surface area contributed by atoms with E-state index in [1.807, 2.05) is 54.6 Å². The van der Waals surface area contributed by atoms with Gasteiger partial charge in [-0.05, 0) is 41.0 Å². The highest BCUT2D eigenvalue weighted by Crippen LogP contribution is 2.24. The van der Waals surface area contributed by atoms with Crippen molar-refractivity contribution in [3.8, 4) is 11.5 Å². The van der Waals surface area contributed by atoms with Gasteiger partial charge in [0.05, 0.1) is 13.1 Å². The van der Waals surface area contributed by atoms with Crippen molar-refractivity contribution < 1.29 is 24.2 Å². The molecule has 0 unspecified atom stereocenters. The number of nitrogens with zero attached hydrogens (tertiary/aromatic N) is 2. The van der Waals surface area contributed by atoms with Crippen LogP contribution in [0.5, 0.6) is 11.5 Å². The molecule has 1 aliphatic rings. The molecule has 44 heavy (non-hydrogen) atoms. The first-order valence-electron chi connectivity index (χ1n) is 14.5. The molecule has 3 aromatic rings. The Hall–Kier alpha value is -5.09. The van der Waals surface area contributed by atoms with Gasteiger partial charge in [-0.1, -0.05) is 73.3 Å². The standard InChI is InChI=1S/C34H39N5O5/c1-3-17-35-22-32(41)39-30(20-25-13-15-28(40)16-14-25)33(42)38(23-27-11-8-12-29(19-27)44-18-4-2)24-31(39)37-34(43)36-21-26-9-6-5-7-10-26/h3-16,19,30-31,35,40H,1-2,17-18,20-24H2,(H2,36,37,43)/t30-,31+/m0/s1. The lowest BCUT2D eigenvalue weighted by Crippen LogP contribution is -2.69. The van der Waals surface area contributed by atoms with E-state index < -0.39 is 18.2 Å². The fourth-order valence-corrected chi connectivity index (χ4v) is 5.04. The number of nitrogens with one attached hydrogen (secondary N) is 3. The summed E-state index contributed by atoms with van der Waals surface area (Å²) < 4.78 is 5.68. The molecule has 0 aromatic heterocycles.